The maximum absolute atomic E-state index is 12.3. The van der Waals surface area contributed by atoms with Crippen LogP contribution in [0.5, 0.6) is 0 Å². The molecule has 3 rings (SSSR count). The smallest absolute Gasteiger partial charge is 0.251 e. The predicted octanol–water partition coefficient (Wildman–Crippen LogP) is 2.45. The number of rotatable bonds is 5. The molecule has 0 unspecified atom stereocenters. The zero-order valence-corrected chi connectivity index (χ0v) is 15.4. The van der Waals surface area contributed by atoms with Gasteiger partial charge in [-0.1, -0.05) is 6.92 Å². The highest BCUT2D eigenvalue weighted by atomic mass is 16.2. The van der Waals surface area contributed by atoms with Crippen LogP contribution in [0.2, 0.25) is 0 Å². The summed E-state index contributed by atoms with van der Waals surface area (Å²) in [5, 5.41) is 3.03. The second kappa shape index (κ2) is 8.00. The minimum Gasteiger partial charge on any atom is -0.352 e. The van der Waals surface area contributed by atoms with Gasteiger partial charge in [0.05, 0.1) is 0 Å². The number of anilines is 1. The average molecular weight is 343 g/mol. The fourth-order valence-corrected chi connectivity index (χ4v) is 3.76. The Balaban J connectivity index is 1.45. The highest BCUT2D eigenvalue weighted by Gasteiger charge is 2.23. The number of amides is 2. The lowest BCUT2D eigenvalue weighted by atomic mass is 9.99. The number of hydrogen-bond acceptors (Lipinski definition) is 3. The summed E-state index contributed by atoms with van der Waals surface area (Å²) in [7, 11) is 0. The molecule has 0 bridgehead atoms. The van der Waals surface area contributed by atoms with Crippen LogP contribution in [-0.2, 0) is 11.2 Å². The summed E-state index contributed by atoms with van der Waals surface area (Å²) in [6.07, 6.45) is 4.39. The first kappa shape index (κ1) is 17.9. The molecule has 0 aliphatic carbocycles. The van der Waals surface area contributed by atoms with E-state index in [0.717, 1.165) is 36.6 Å². The van der Waals surface area contributed by atoms with Crippen LogP contribution in [-0.4, -0.2) is 49.4 Å². The van der Waals surface area contributed by atoms with E-state index in [2.05, 4.69) is 17.1 Å². The van der Waals surface area contributed by atoms with Crippen molar-refractivity contribution in [3.63, 3.8) is 0 Å². The van der Waals surface area contributed by atoms with Crippen LogP contribution in [0.1, 0.15) is 49.0 Å². The molecule has 5 nitrogen and oxygen atoms in total. The summed E-state index contributed by atoms with van der Waals surface area (Å²) < 4.78 is 0. The van der Waals surface area contributed by atoms with Crippen LogP contribution in [0.25, 0.3) is 0 Å². The van der Waals surface area contributed by atoms with Crippen molar-refractivity contribution < 1.29 is 9.59 Å². The summed E-state index contributed by atoms with van der Waals surface area (Å²) in [5.74, 6) is 0.897. The third kappa shape index (κ3) is 4.40. The zero-order chi connectivity index (χ0) is 17.8. The van der Waals surface area contributed by atoms with Gasteiger partial charge in [-0.05, 0) is 75.0 Å². The molecule has 1 fully saturated rings. The number of carbonyl (C=O) groups excluding carboxylic acids is 2. The SMILES string of the molecule is CC(=O)N1CCc2cc(C(=O)NCCCN3CCC(C)CC3)ccc21. The first-order chi connectivity index (χ1) is 12.0. The van der Waals surface area contributed by atoms with E-state index >= 15 is 0 Å². The van der Waals surface area contributed by atoms with Gasteiger partial charge < -0.3 is 15.1 Å². The Morgan fingerprint density at radius 3 is 2.68 bits per heavy atom. The summed E-state index contributed by atoms with van der Waals surface area (Å²) in [5.41, 5.74) is 2.73. The molecule has 25 heavy (non-hydrogen) atoms. The molecule has 2 aliphatic heterocycles. The minimum absolute atomic E-state index is 0.0173. The van der Waals surface area contributed by atoms with Gasteiger partial charge in [-0.15, -0.1) is 0 Å². The molecule has 0 spiro atoms. The van der Waals surface area contributed by atoms with Gasteiger partial charge in [0.2, 0.25) is 5.91 Å². The van der Waals surface area contributed by atoms with Crippen molar-refractivity contribution in [2.24, 2.45) is 5.92 Å². The van der Waals surface area contributed by atoms with Gasteiger partial charge >= 0.3 is 0 Å². The van der Waals surface area contributed by atoms with Crippen molar-refractivity contribution in [3.05, 3.63) is 29.3 Å². The zero-order valence-electron chi connectivity index (χ0n) is 15.4. The topological polar surface area (TPSA) is 52.7 Å². The lowest BCUT2D eigenvalue weighted by Crippen LogP contribution is -2.35. The van der Waals surface area contributed by atoms with E-state index in [-0.39, 0.29) is 11.8 Å². The average Bonchev–Trinajstić information content (AvgIpc) is 3.03. The van der Waals surface area contributed by atoms with E-state index in [1.165, 1.54) is 25.9 Å². The van der Waals surface area contributed by atoms with Crippen molar-refractivity contribution >= 4 is 17.5 Å². The number of benzene rings is 1. The summed E-state index contributed by atoms with van der Waals surface area (Å²) >= 11 is 0. The van der Waals surface area contributed by atoms with E-state index in [4.69, 9.17) is 0 Å². The number of carbonyl (C=O) groups is 2. The fraction of sp³-hybridized carbons (Fsp3) is 0.600. The molecule has 1 aromatic rings. The van der Waals surface area contributed by atoms with E-state index in [0.29, 0.717) is 18.7 Å². The predicted molar refractivity (Wildman–Crippen MR) is 100.0 cm³/mol. The van der Waals surface area contributed by atoms with Crippen molar-refractivity contribution in [3.8, 4) is 0 Å². The first-order valence-electron chi connectivity index (χ1n) is 9.46. The number of nitrogens with zero attached hydrogens (tertiary/aromatic N) is 2. The molecule has 136 valence electrons. The molecule has 1 saturated heterocycles. The summed E-state index contributed by atoms with van der Waals surface area (Å²) in [4.78, 5) is 28.2. The van der Waals surface area contributed by atoms with Gasteiger partial charge in [0.15, 0.2) is 0 Å². The van der Waals surface area contributed by atoms with E-state index in [1.807, 2.05) is 18.2 Å². The van der Waals surface area contributed by atoms with Crippen LogP contribution in [0.3, 0.4) is 0 Å². The highest BCUT2D eigenvalue weighted by Crippen LogP contribution is 2.28. The molecular weight excluding hydrogens is 314 g/mol. The summed E-state index contributed by atoms with van der Waals surface area (Å²) in [6.45, 7) is 8.76. The molecule has 5 heteroatoms. The van der Waals surface area contributed by atoms with Crippen LogP contribution in [0.15, 0.2) is 18.2 Å². The molecule has 0 radical (unpaired) electrons. The molecule has 2 heterocycles. The lowest BCUT2D eigenvalue weighted by molar-refractivity contribution is -0.116. The van der Waals surface area contributed by atoms with E-state index < -0.39 is 0 Å². The number of nitrogens with one attached hydrogen (secondary N) is 1. The molecule has 0 saturated carbocycles. The quantitative estimate of drug-likeness (QED) is 0.836. The Kier molecular flexibility index (Phi) is 5.74. The van der Waals surface area contributed by atoms with Gasteiger partial charge in [-0.3, -0.25) is 9.59 Å². The molecule has 1 N–H and O–H groups in total. The van der Waals surface area contributed by atoms with Crippen LogP contribution in [0.4, 0.5) is 5.69 Å². The Hall–Kier alpha value is -1.88. The van der Waals surface area contributed by atoms with Crippen LogP contribution >= 0.6 is 0 Å². The van der Waals surface area contributed by atoms with Gasteiger partial charge in [0.25, 0.3) is 5.91 Å². The van der Waals surface area contributed by atoms with Crippen molar-refractivity contribution in [2.45, 2.75) is 39.5 Å². The highest BCUT2D eigenvalue weighted by molar-refractivity contribution is 5.97. The molecule has 0 aromatic heterocycles. The lowest BCUT2D eigenvalue weighted by Gasteiger charge is -2.30. The third-order valence-corrected chi connectivity index (χ3v) is 5.43. The first-order valence-corrected chi connectivity index (χ1v) is 9.46. The van der Waals surface area contributed by atoms with Gasteiger partial charge in [0, 0.05) is 31.3 Å². The number of likely N-dealkylation sites (tertiary alicyclic amines) is 1. The Morgan fingerprint density at radius 1 is 1.20 bits per heavy atom. The van der Waals surface area contributed by atoms with Gasteiger partial charge in [-0.25, -0.2) is 0 Å². The molecule has 2 aliphatic rings. The maximum atomic E-state index is 12.3. The molecule has 1 aromatic carbocycles. The third-order valence-electron chi connectivity index (χ3n) is 5.43. The van der Waals surface area contributed by atoms with Crippen molar-refractivity contribution in [1.29, 1.82) is 0 Å². The summed E-state index contributed by atoms with van der Waals surface area (Å²) in [6, 6.07) is 5.65. The second-order valence-corrected chi connectivity index (χ2v) is 7.40. The number of hydrogen-bond donors (Lipinski definition) is 1. The van der Waals surface area contributed by atoms with E-state index in [1.54, 1.807) is 11.8 Å². The Bertz CT molecular complexity index is 636. The maximum Gasteiger partial charge on any atom is 0.251 e. The fourth-order valence-electron chi connectivity index (χ4n) is 3.76. The van der Waals surface area contributed by atoms with Crippen molar-refractivity contribution in [2.75, 3.05) is 37.6 Å². The Labute approximate surface area is 150 Å². The standard InChI is InChI=1S/C20H29N3O2/c1-15-6-11-22(12-7-15)10-3-9-21-20(25)18-4-5-19-17(14-18)8-13-23(19)16(2)24/h4-5,14-15H,3,6-13H2,1-2H3,(H,21,25). The van der Waals surface area contributed by atoms with Gasteiger partial charge in [-0.2, -0.15) is 0 Å². The Morgan fingerprint density at radius 2 is 1.96 bits per heavy atom. The minimum atomic E-state index is -0.0173. The van der Waals surface area contributed by atoms with Gasteiger partial charge in [0.1, 0.15) is 0 Å². The number of fused-ring (bicyclic) bond motifs is 1. The van der Waals surface area contributed by atoms with E-state index in [9.17, 15) is 9.59 Å². The second-order valence-electron chi connectivity index (χ2n) is 7.40. The molecule has 0 atom stereocenters. The molecule has 2 amide bonds. The number of piperidine rings is 1. The van der Waals surface area contributed by atoms with Crippen molar-refractivity contribution in [1.82, 2.24) is 10.2 Å². The van der Waals surface area contributed by atoms with Crippen LogP contribution in [0, 0.1) is 5.92 Å². The molecular formula is C20H29N3O2. The monoisotopic (exact) mass is 343 g/mol. The normalized spacial score (nSPS) is 18.2. The largest absolute Gasteiger partial charge is 0.352 e. The van der Waals surface area contributed by atoms with Crippen LogP contribution < -0.4 is 10.2 Å².